The number of hydrogen-bond acceptors (Lipinski definition) is 3. The summed E-state index contributed by atoms with van der Waals surface area (Å²) in [5.41, 5.74) is 0.781. The second-order valence-corrected chi connectivity index (χ2v) is 4.60. The van der Waals surface area contributed by atoms with Crippen molar-refractivity contribution in [3.8, 4) is 11.5 Å². The number of benzene rings is 2. The predicted molar refractivity (Wildman–Crippen MR) is 74.1 cm³/mol. The zero-order chi connectivity index (χ0) is 15.4. The Hall–Kier alpha value is -2.14. The molecule has 0 spiro atoms. The molecule has 0 bridgehead atoms. The lowest BCUT2D eigenvalue weighted by Gasteiger charge is -2.13. The summed E-state index contributed by atoms with van der Waals surface area (Å²) < 4.78 is 36.5. The third-order valence-corrected chi connectivity index (χ3v) is 3.04. The van der Waals surface area contributed by atoms with E-state index in [-0.39, 0.29) is 23.1 Å². The number of carbonyl (C=O) groups excluding carboxylic acids is 1. The second kappa shape index (κ2) is 6.54. The standard InChI is InChI=1S/C15H11ClF2O3/c1-20-14-6-10(7-19)4-11(16)15(14)21-8-9-2-3-12(17)13(18)5-9/h2-7H,8H2,1H3. The van der Waals surface area contributed by atoms with E-state index in [0.717, 1.165) is 12.1 Å². The monoisotopic (exact) mass is 312 g/mol. The van der Waals surface area contributed by atoms with Gasteiger partial charge < -0.3 is 9.47 Å². The highest BCUT2D eigenvalue weighted by Gasteiger charge is 2.12. The molecule has 2 aromatic rings. The van der Waals surface area contributed by atoms with Crippen LogP contribution in [0, 0.1) is 11.6 Å². The Morgan fingerprint density at radius 3 is 2.57 bits per heavy atom. The zero-order valence-corrected chi connectivity index (χ0v) is 11.8. The highest BCUT2D eigenvalue weighted by atomic mass is 35.5. The molecule has 0 aromatic heterocycles. The number of hydrogen-bond donors (Lipinski definition) is 0. The minimum absolute atomic E-state index is 0.0201. The van der Waals surface area contributed by atoms with E-state index in [4.69, 9.17) is 21.1 Å². The summed E-state index contributed by atoms with van der Waals surface area (Å²) in [4.78, 5) is 10.8. The highest BCUT2D eigenvalue weighted by Crippen LogP contribution is 2.36. The van der Waals surface area contributed by atoms with Gasteiger partial charge in [0, 0.05) is 5.56 Å². The van der Waals surface area contributed by atoms with Crippen LogP contribution in [0.15, 0.2) is 30.3 Å². The number of halogens is 3. The first-order valence-electron chi connectivity index (χ1n) is 5.94. The summed E-state index contributed by atoms with van der Waals surface area (Å²) in [5, 5.41) is 0.194. The maximum Gasteiger partial charge on any atom is 0.180 e. The number of aldehydes is 1. The van der Waals surface area contributed by atoms with Gasteiger partial charge in [-0.25, -0.2) is 8.78 Å². The third-order valence-electron chi connectivity index (χ3n) is 2.76. The fourth-order valence-electron chi connectivity index (χ4n) is 1.73. The van der Waals surface area contributed by atoms with Crippen LogP contribution >= 0.6 is 11.6 Å². The maximum atomic E-state index is 13.1. The average molecular weight is 313 g/mol. The largest absolute Gasteiger partial charge is 0.493 e. The molecule has 0 amide bonds. The van der Waals surface area contributed by atoms with Gasteiger partial charge in [-0.2, -0.15) is 0 Å². The van der Waals surface area contributed by atoms with Gasteiger partial charge in [0.2, 0.25) is 0 Å². The SMILES string of the molecule is COc1cc(C=O)cc(Cl)c1OCc1ccc(F)c(F)c1. The normalized spacial score (nSPS) is 10.3. The Balaban J connectivity index is 2.23. The van der Waals surface area contributed by atoms with E-state index in [9.17, 15) is 13.6 Å². The van der Waals surface area contributed by atoms with Gasteiger partial charge in [0.25, 0.3) is 0 Å². The van der Waals surface area contributed by atoms with E-state index >= 15 is 0 Å². The summed E-state index contributed by atoms with van der Waals surface area (Å²) >= 11 is 6.02. The Morgan fingerprint density at radius 1 is 1.19 bits per heavy atom. The minimum atomic E-state index is -0.953. The van der Waals surface area contributed by atoms with Crippen LogP contribution in [-0.4, -0.2) is 13.4 Å². The summed E-state index contributed by atoms with van der Waals surface area (Å²) in [6, 6.07) is 6.35. The Bertz CT molecular complexity index is 674. The lowest BCUT2D eigenvalue weighted by molar-refractivity contribution is 0.112. The lowest BCUT2D eigenvalue weighted by atomic mass is 10.2. The molecular weight excluding hydrogens is 302 g/mol. The van der Waals surface area contributed by atoms with Crippen molar-refractivity contribution in [2.75, 3.05) is 7.11 Å². The quantitative estimate of drug-likeness (QED) is 0.782. The number of methoxy groups -OCH3 is 1. The summed E-state index contributed by atoms with van der Waals surface area (Å²) in [7, 11) is 1.41. The number of ether oxygens (including phenoxy) is 2. The molecule has 0 aliphatic carbocycles. The fraction of sp³-hybridized carbons (Fsp3) is 0.133. The van der Waals surface area contributed by atoms with Crippen molar-refractivity contribution < 1.29 is 23.0 Å². The van der Waals surface area contributed by atoms with Crippen molar-refractivity contribution in [3.05, 3.63) is 58.1 Å². The number of carbonyl (C=O) groups is 1. The van der Waals surface area contributed by atoms with E-state index < -0.39 is 11.6 Å². The molecule has 0 fully saturated rings. The van der Waals surface area contributed by atoms with Crippen molar-refractivity contribution in [1.82, 2.24) is 0 Å². The maximum absolute atomic E-state index is 13.1. The van der Waals surface area contributed by atoms with E-state index in [0.29, 0.717) is 17.4 Å². The Morgan fingerprint density at radius 2 is 1.95 bits per heavy atom. The highest BCUT2D eigenvalue weighted by molar-refractivity contribution is 6.32. The molecule has 0 N–H and O–H groups in total. The summed E-state index contributed by atoms with van der Waals surface area (Å²) in [5.74, 6) is -1.36. The van der Waals surface area contributed by atoms with Crippen LogP contribution in [0.1, 0.15) is 15.9 Å². The first-order valence-corrected chi connectivity index (χ1v) is 6.32. The number of rotatable bonds is 5. The van der Waals surface area contributed by atoms with Crippen LogP contribution in [-0.2, 0) is 6.61 Å². The Labute approximate surface area is 125 Å². The Kier molecular flexibility index (Phi) is 4.75. The first-order chi connectivity index (χ1) is 10.0. The van der Waals surface area contributed by atoms with Gasteiger partial charge in [0.15, 0.2) is 23.1 Å². The van der Waals surface area contributed by atoms with Crippen molar-refractivity contribution in [2.45, 2.75) is 6.61 Å². The van der Waals surface area contributed by atoms with E-state index in [1.165, 1.54) is 25.3 Å². The third kappa shape index (κ3) is 3.49. The average Bonchev–Trinajstić information content (AvgIpc) is 2.48. The van der Waals surface area contributed by atoms with Gasteiger partial charge in [-0.05, 0) is 29.8 Å². The molecule has 0 unspecified atom stereocenters. The minimum Gasteiger partial charge on any atom is -0.493 e. The molecule has 110 valence electrons. The second-order valence-electron chi connectivity index (χ2n) is 4.19. The molecule has 0 heterocycles. The molecule has 3 nitrogen and oxygen atoms in total. The fourth-order valence-corrected chi connectivity index (χ4v) is 2.01. The van der Waals surface area contributed by atoms with Crippen LogP contribution in [0.2, 0.25) is 5.02 Å². The van der Waals surface area contributed by atoms with E-state index in [1.807, 2.05) is 0 Å². The first kappa shape index (κ1) is 15.3. The van der Waals surface area contributed by atoms with E-state index in [2.05, 4.69) is 0 Å². The lowest BCUT2D eigenvalue weighted by Crippen LogP contribution is -2.00. The molecule has 6 heteroatoms. The van der Waals surface area contributed by atoms with Gasteiger partial charge >= 0.3 is 0 Å². The van der Waals surface area contributed by atoms with Crippen LogP contribution < -0.4 is 9.47 Å². The van der Waals surface area contributed by atoms with Crippen molar-refractivity contribution >= 4 is 17.9 Å². The van der Waals surface area contributed by atoms with Crippen LogP contribution in [0.3, 0.4) is 0 Å². The summed E-state index contributed by atoms with van der Waals surface area (Å²) in [6.45, 7) is -0.0201. The van der Waals surface area contributed by atoms with Gasteiger partial charge in [-0.1, -0.05) is 17.7 Å². The van der Waals surface area contributed by atoms with Crippen LogP contribution in [0.25, 0.3) is 0 Å². The van der Waals surface area contributed by atoms with Crippen LogP contribution in [0.4, 0.5) is 8.78 Å². The van der Waals surface area contributed by atoms with Crippen molar-refractivity contribution in [3.63, 3.8) is 0 Å². The molecular formula is C15H11ClF2O3. The summed E-state index contributed by atoms with van der Waals surface area (Å²) in [6.07, 6.45) is 0.632. The molecule has 2 rings (SSSR count). The smallest absolute Gasteiger partial charge is 0.180 e. The molecule has 0 aliphatic rings. The van der Waals surface area contributed by atoms with Gasteiger partial charge in [-0.3, -0.25) is 4.79 Å². The molecule has 0 atom stereocenters. The van der Waals surface area contributed by atoms with Gasteiger partial charge in [-0.15, -0.1) is 0 Å². The molecule has 0 saturated heterocycles. The predicted octanol–water partition coefficient (Wildman–Crippen LogP) is 4.02. The van der Waals surface area contributed by atoms with E-state index in [1.54, 1.807) is 0 Å². The molecule has 0 aliphatic heterocycles. The van der Waals surface area contributed by atoms with Gasteiger partial charge in [0.1, 0.15) is 12.9 Å². The molecule has 21 heavy (non-hydrogen) atoms. The molecule has 0 saturated carbocycles. The topological polar surface area (TPSA) is 35.5 Å². The van der Waals surface area contributed by atoms with Crippen molar-refractivity contribution in [1.29, 1.82) is 0 Å². The molecule has 2 aromatic carbocycles. The molecule has 0 radical (unpaired) electrons. The van der Waals surface area contributed by atoms with Crippen molar-refractivity contribution in [2.24, 2.45) is 0 Å². The zero-order valence-electron chi connectivity index (χ0n) is 11.0. The van der Waals surface area contributed by atoms with Gasteiger partial charge in [0.05, 0.1) is 12.1 Å². The van der Waals surface area contributed by atoms with Crippen LogP contribution in [0.5, 0.6) is 11.5 Å².